The van der Waals surface area contributed by atoms with Crippen LogP contribution in [0.2, 0.25) is 0 Å². The first kappa shape index (κ1) is 31.1. The zero-order chi connectivity index (χ0) is 31.4. The molecule has 0 atom stereocenters. The van der Waals surface area contributed by atoms with Gasteiger partial charge in [0.25, 0.3) is 0 Å². The number of ether oxygens (including phenoxy) is 2. The van der Waals surface area contributed by atoms with Crippen LogP contribution >= 0.6 is 0 Å². The topological polar surface area (TPSA) is 132 Å². The third kappa shape index (κ3) is 7.08. The SMILES string of the molecule is COc1cc(N2CCN(S(C)(=O)=O)CC2)ccc1Nc1ncc(C)c(Nc2ccc(N3CCN(C(C)=O)CC3)cc2OC)n1. The molecule has 3 heterocycles. The molecular weight excluding hydrogens is 584 g/mol. The zero-order valence-electron chi connectivity index (χ0n) is 25.8. The number of nitrogens with zero attached hydrogens (tertiary/aromatic N) is 6. The molecule has 0 saturated carbocycles. The van der Waals surface area contributed by atoms with Gasteiger partial charge in [-0.25, -0.2) is 13.4 Å². The quantitative estimate of drug-likeness (QED) is 0.364. The number of carbonyl (C=O) groups excluding carboxylic acids is 1. The first-order valence-corrected chi connectivity index (χ1v) is 16.3. The van der Waals surface area contributed by atoms with E-state index >= 15 is 0 Å². The number of aryl methyl sites for hydroxylation is 1. The van der Waals surface area contributed by atoms with Crippen LogP contribution in [0, 0.1) is 6.92 Å². The van der Waals surface area contributed by atoms with Crippen LogP contribution in [0.3, 0.4) is 0 Å². The highest BCUT2D eigenvalue weighted by Gasteiger charge is 2.24. The second kappa shape index (κ2) is 13.1. The lowest BCUT2D eigenvalue weighted by Crippen LogP contribution is -2.48. The number of anilines is 6. The Balaban J connectivity index is 1.28. The average Bonchev–Trinajstić information content (AvgIpc) is 3.02. The number of benzene rings is 2. The van der Waals surface area contributed by atoms with E-state index < -0.39 is 10.0 Å². The number of aromatic nitrogens is 2. The molecule has 0 aliphatic carbocycles. The molecule has 0 bridgehead atoms. The number of hydrogen-bond donors (Lipinski definition) is 2. The van der Waals surface area contributed by atoms with Gasteiger partial charge >= 0.3 is 0 Å². The molecular formula is C30H40N8O5S. The van der Waals surface area contributed by atoms with Crippen LogP contribution in [0.5, 0.6) is 11.5 Å². The fraction of sp³-hybridized carbons (Fsp3) is 0.433. The van der Waals surface area contributed by atoms with E-state index in [4.69, 9.17) is 14.5 Å². The van der Waals surface area contributed by atoms with E-state index in [9.17, 15) is 13.2 Å². The Bertz CT molecular complexity index is 1600. The van der Waals surface area contributed by atoms with Gasteiger partial charge in [-0.1, -0.05) is 0 Å². The van der Waals surface area contributed by atoms with Crippen molar-refractivity contribution >= 4 is 50.4 Å². The molecule has 0 radical (unpaired) electrons. The smallest absolute Gasteiger partial charge is 0.229 e. The Morgan fingerprint density at radius 1 is 0.818 bits per heavy atom. The predicted molar refractivity (Wildman–Crippen MR) is 172 cm³/mol. The van der Waals surface area contributed by atoms with Crippen LogP contribution < -0.4 is 29.9 Å². The summed E-state index contributed by atoms with van der Waals surface area (Å²) >= 11 is 0. The van der Waals surface area contributed by atoms with Gasteiger partial charge in [0.15, 0.2) is 0 Å². The van der Waals surface area contributed by atoms with Crippen LogP contribution in [0.4, 0.5) is 34.5 Å². The molecule has 0 unspecified atom stereocenters. The van der Waals surface area contributed by atoms with E-state index in [2.05, 4.69) is 25.4 Å². The Labute approximate surface area is 258 Å². The second-order valence-electron chi connectivity index (χ2n) is 10.9. The highest BCUT2D eigenvalue weighted by atomic mass is 32.2. The summed E-state index contributed by atoms with van der Waals surface area (Å²) in [7, 11) is 0.0494. The van der Waals surface area contributed by atoms with Crippen molar-refractivity contribution in [2.24, 2.45) is 0 Å². The molecule has 3 aromatic rings. The third-order valence-corrected chi connectivity index (χ3v) is 9.31. The minimum absolute atomic E-state index is 0.105. The van der Waals surface area contributed by atoms with Crippen molar-refractivity contribution < 1.29 is 22.7 Å². The van der Waals surface area contributed by atoms with Crippen molar-refractivity contribution in [1.82, 2.24) is 19.2 Å². The van der Waals surface area contributed by atoms with Gasteiger partial charge in [0.2, 0.25) is 21.9 Å². The lowest BCUT2D eigenvalue weighted by atomic mass is 10.2. The van der Waals surface area contributed by atoms with Crippen molar-refractivity contribution in [3.05, 3.63) is 48.2 Å². The van der Waals surface area contributed by atoms with Crippen molar-refractivity contribution in [2.75, 3.05) is 93.3 Å². The van der Waals surface area contributed by atoms with E-state index in [0.717, 1.165) is 35.7 Å². The number of methoxy groups -OCH3 is 2. The summed E-state index contributed by atoms with van der Waals surface area (Å²) in [6.07, 6.45) is 2.99. The lowest BCUT2D eigenvalue weighted by molar-refractivity contribution is -0.129. The molecule has 2 fully saturated rings. The fourth-order valence-electron chi connectivity index (χ4n) is 5.39. The van der Waals surface area contributed by atoms with Gasteiger partial charge in [-0.05, 0) is 31.2 Å². The Kier molecular flexibility index (Phi) is 9.30. The molecule has 0 spiro atoms. The van der Waals surface area contributed by atoms with Gasteiger partial charge in [-0.15, -0.1) is 0 Å². The summed E-state index contributed by atoms with van der Waals surface area (Å²) in [5.74, 6) is 2.42. The van der Waals surface area contributed by atoms with Gasteiger partial charge in [-0.3, -0.25) is 4.79 Å². The number of rotatable bonds is 9. The number of piperazine rings is 2. The third-order valence-electron chi connectivity index (χ3n) is 8.00. The van der Waals surface area contributed by atoms with Crippen molar-refractivity contribution in [1.29, 1.82) is 0 Å². The first-order chi connectivity index (χ1) is 21.0. The monoisotopic (exact) mass is 624 g/mol. The van der Waals surface area contributed by atoms with Crippen molar-refractivity contribution in [3.63, 3.8) is 0 Å². The maximum Gasteiger partial charge on any atom is 0.229 e. The van der Waals surface area contributed by atoms with E-state index in [-0.39, 0.29) is 5.91 Å². The summed E-state index contributed by atoms with van der Waals surface area (Å²) < 4.78 is 36.6. The summed E-state index contributed by atoms with van der Waals surface area (Å²) in [5, 5.41) is 6.66. The standard InChI is InChI=1S/C30H40N8O5S/c1-21-20-31-30(33-26-9-7-24(19-28(26)43-4)37-14-16-38(17-15-37)44(5,40)41)34-29(21)32-25-8-6-23(18-27(25)42-3)36-12-10-35(11-13-36)22(2)39/h6-9,18-20H,10-17H2,1-5H3,(H2,31,32,33,34). The van der Waals surface area contributed by atoms with Gasteiger partial charge in [0.1, 0.15) is 17.3 Å². The van der Waals surface area contributed by atoms with Crippen LogP contribution in [-0.2, 0) is 14.8 Å². The molecule has 1 amide bonds. The largest absolute Gasteiger partial charge is 0.494 e. The number of nitrogens with one attached hydrogen (secondary N) is 2. The number of hydrogen-bond acceptors (Lipinski definition) is 11. The minimum atomic E-state index is -3.19. The summed E-state index contributed by atoms with van der Waals surface area (Å²) in [5.41, 5.74) is 4.31. The number of amides is 1. The molecule has 2 aliphatic rings. The van der Waals surface area contributed by atoms with Crippen molar-refractivity contribution in [3.8, 4) is 11.5 Å². The van der Waals surface area contributed by atoms with Crippen molar-refractivity contribution in [2.45, 2.75) is 13.8 Å². The molecule has 1 aromatic heterocycles. The number of sulfonamides is 1. The van der Waals surface area contributed by atoms with Gasteiger partial charge in [0, 0.05) is 94.5 Å². The van der Waals surface area contributed by atoms with Gasteiger partial charge in [-0.2, -0.15) is 9.29 Å². The molecule has 236 valence electrons. The number of carbonyl (C=O) groups is 1. The molecule has 44 heavy (non-hydrogen) atoms. The van der Waals surface area contributed by atoms with E-state index in [1.165, 1.54) is 10.6 Å². The highest BCUT2D eigenvalue weighted by molar-refractivity contribution is 7.88. The van der Waals surface area contributed by atoms with Crippen LogP contribution in [0.1, 0.15) is 12.5 Å². The molecule has 2 saturated heterocycles. The van der Waals surface area contributed by atoms with E-state index in [1.807, 2.05) is 48.2 Å². The molecule has 2 aliphatic heterocycles. The highest BCUT2D eigenvalue weighted by Crippen LogP contribution is 2.35. The minimum Gasteiger partial charge on any atom is -0.494 e. The van der Waals surface area contributed by atoms with Crippen LogP contribution in [-0.4, -0.2) is 106 Å². The van der Waals surface area contributed by atoms with Crippen LogP contribution in [0.15, 0.2) is 42.6 Å². The lowest BCUT2D eigenvalue weighted by Gasteiger charge is -2.35. The van der Waals surface area contributed by atoms with Crippen LogP contribution in [0.25, 0.3) is 0 Å². The molecule has 13 nitrogen and oxygen atoms in total. The molecule has 5 rings (SSSR count). The molecule has 2 N–H and O–H groups in total. The first-order valence-electron chi connectivity index (χ1n) is 14.5. The Morgan fingerprint density at radius 3 is 1.84 bits per heavy atom. The van der Waals surface area contributed by atoms with Gasteiger partial charge in [0.05, 0.1) is 31.9 Å². The van der Waals surface area contributed by atoms with Gasteiger partial charge < -0.3 is 34.8 Å². The normalized spacial score (nSPS) is 16.1. The summed E-state index contributed by atoms with van der Waals surface area (Å²) in [4.78, 5) is 27.2. The fourth-order valence-corrected chi connectivity index (χ4v) is 6.22. The summed E-state index contributed by atoms with van der Waals surface area (Å²) in [6, 6.07) is 11.8. The Morgan fingerprint density at radius 2 is 1.34 bits per heavy atom. The predicted octanol–water partition coefficient (Wildman–Crippen LogP) is 3.04. The second-order valence-corrected chi connectivity index (χ2v) is 12.9. The maximum absolute atomic E-state index is 11.9. The maximum atomic E-state index is 11.9. The Hall–Kier alpha value is -4.30. The molecule has 14 heteroatoms. The summed E-state index contributed by atoms with van der Waals surface area (Å²) in [6.45, 7) is 8.54. The van der Waals surface area contributed by atoms with E-state index in [0.29, 0.717) is 68.2 Å². The van der Waals surface area contributed by atoms with E-state index in [1.54, 1.807) is 27.3 Å². The molecule has 2 aromatic carbocycles. The average molecular weight is 625 g/mol. The zero-order valence-corrected chi connectivity index (χ0v) is 26.6.